The van der Waals surface area contributed by atoms with Crippen LogP contribution in [0.1, 0.15) is 15.9 Å². The summed E-state index contributed by atoms with van der Waals surface area (Å²) in [6, 6.07) is 9.65. The number of nitrogens with one attached hydrogen (secondary N) is 1. The molecule has 0 fully saturated rings. The highest BCUT2D eigenvalue weighted by Crippen LogP contribution is 2.28. The summed E-state index contributed by atoms with van der Waals surface area (Å²) in [7, 11) is 0. The van der Waals surface area contributed by atoms with Gasteiger partial charge in [-0.15, -0.1) is 0 Å². The van der Waals surface area contributed by atoms with Crippen molar-refractivity contribution >= 4 is 49.1 Å². The Balaban J connectivity index is 2.25. The molecule has 0 atom stereocenters. The van der Waals surface area contributed by atoms with Gasteiger partial charge in [0.1, 0.15) is 0 Å². The zero-order chi connectivity index (χ0) is 15.6. The van der Waals surface area contributed by atoms with Crippen LogP contribution in [0.25, 0.3) is 0 Å². The summed E-state index contributed by atoms with van der Waals surface area (Å²) in [6.07, 6.45) is 0. The van der Waals surface area contributed by atoms with Gasteiger partial charge < -0.3 is 5.32 Å². The smallest absolute Gasteiger partial charge is 0.285 e. The molecule has 1 amide bonds. The van der Waals surface area contributed by atoms with Gasteiger partial charge in [0.05, 0.1) is 9.40 Å². The number of hydrogen-bond acceptors (Lipinski definition) is 3. The fourth-order valence-corrected chi connectivity index (χ4v) is 2.36. The van der Waals surface area contributed by atoms with Crippen LogP contribution in [0.4, 0.5) is 11.4 Å². The number of carbonyl (C=O) groups excluding carboxylic acids is 1. The van der Waals surface area contributed by atoms with Crippen LogP contribution in [0.2, 0.25) is 0 Å². The molecule has 0 aliphatic rings. The second-order valence-corrected chi connectivity index (χ2v) is 6.05. The first kappa shape index (κ1) is 15.7. The predicted octanol–water partition coefficient (Wildman–Crippen LogP) is 4.68. The van der Waals surface area contributed by atoms with Gasteiger partial charge >= 0.3 is 0 Å². The van der Waals surface area contributed by atoms with E-state index in [2.05, 4.69) is 37.2 Å². The zero-order valence-electron chi connectivity index (χ0n) is 10.9. The Morgan fingerprint density at radius 1 is 1.14 bits per heavy atom. The SMILES string of the molecule is Cc1cc(C(=O)Nc2ccc(Br)c([N+](=O)[O-])c2)ccc1Br. The van der Waals surface area contributed by atoms with E-state index in [1.54, 1.807) is 24.3 Å². The van der Waals surface area contributed by atoms with Gasteiger partial charge in [0.2, 0.25) is 0 Å². The van der Waals surface area contributed by atoms with Gasteiger partial charge in [0.25, 0.3) is 11.6 Å². The molecular weight excluding hydrogens is 404 g/mol. The first-order valence-corrected chi connectivity index (χ1v) is 7.48. The van der Waals surface area contributed by atoms with Crippen molar-refractivity contribution in [3.63, 3.8) is 0 Å². The number of amides is 1. The minimum atomic E-state index is -0.510. The largest absolute Gasteiger partial charge is 0.322 e. The second-order valence-electron chi connectivity index (χ2n) is 4.34. The molecule has 0 unspecified atom stereocenters. The lowest BCUT2D eigenvalue weighted by Crippen LogP contribution is -2.12. The van der Waals surface area contributed by atoms with Crippen molar-refractivity contribution in [1.82, 2.24) is 0 Å². The van der Waals surface area contributed by atoms with Gasteiger partial charge in [-0.25, -0.2) is 0 Å². The monoisotopic (exact) mass is 412 g/mol. The number of benzene rings is 2. The van der Waals surface area contributed by atoms with E-state index in [9.17, 15) is 14.9 Å². The van der Waals surface area contributed by atoms with Gasteiger partial charge in [0.15, 0.2) is 0 Å². The molecule has 5 nitrogen and oxygen atoms in total. The fraction of sp³-hybridized carbons (Fsp3) is 0.0714. The molecule has 0 aromatic heterocycles. The Morgan fingerprint density at radius 3 is 2.43 bits per heavy atom. The standard InChI is InChI=1S/C14H10Br2N2O3/c1-8-6-9(2-4-11(8)15)14(19)17-10-3-5-12(16)13(7-10)18(20)21/h2-7H,1H3,(H,17,19). The summed E-state index contributed by atoms with van der Waals surface area (Å²) in [4.78, 5) is 22.5. The van der Waals surface area contributed by atoms with E-state index in [1.165, 1.54) is 12.1 Å². The van der Waals surface area contributed by atoms with E-state index in [-0.39, 0.29) is 11.6 Å². The maximum atomic E-state index is 12.1. The van der Waals surface area contributed by atoms with Crippen molar-refractivity contribution < 1.29 is 9.72 Å². The number of hydrogen-bond donors (Lipinski definition) is 1. The minimum absolute atomic E-state index is 0.0974. The highest BCUT2D eigenvalue weighted by Gasteiger charge is 2.14. The van der Waals surface area contributed by atoms with E-state index >= 15 is 0 Å². The number of nitro benzene ring substituents is 1. The van der Waals surface area contributed by atoms with Gasteiger partial charge in [-0.05, 0) is 58.7 Å². The molecule has 0 spiro atoms. The Kier molecular flexibility index (Phi) is 4.74. The first-order valence-electron chi connectivity index (χ1n) is 5.90. The molecule has 108 valence electrons. The van der Waals surface area contributed by atoms with Crippen LogP contribution in [0.15, 0.2) is 45.3 Å². The maximum absolute atomic E-state index is 12.1. The average molecular weight is 414 g/mol. The normalized spacial score (nSPS) is 10.2. The van der Waals surface area contributed by atoms with Crippen molar-refractivity contribution in [1.29, 1.82) is 0 Å². The van der Waals surface area contributed by atoms with Gasteiger partial charge in [-0.1, -0.05) is 15.9 Å². The van der Waals surface area contributed by atoms with Crippen LogP contribution in [-0.2, 0) is 0 Å². The minimum Gasteiger partial charge on any atom is -0.322 e. The third-order valence-electron chi connectivity index (χ3n) is 2.82. The highest BCUT2D eigenvalue weighted by molar-refractivity contribution is 9.10. The summed E-state index contributed by atoms with van der Waals surface area (Å²) in [5.74, 6) is -0.317. The summed E-state index contributed by atoms with van der Waals surface area (Å²) < 4.78 is 1.28. The number of nitrogens with zero attached hydrogens (tertiary/aromatic N) is 1. The van der Waals surface area contributed by atoms with Crippen LogP contribution < -0.4 is 5.32 Å². The molecule has 7 heteroatoms. The van der Waals surface area contributed by atoms with Crippen LogP contribution in [-0.4, -0.2) is 10.8 Å². The molecule has 0 saturated heterocycles. The lowest BCUT2D eigenvalue weighted by atomic mass is 10.1. The van der Waals surface area contributed by atoms with Gasteiger partial charge in [-0.2, -0.15) is 0 Å². The molecule has 0 saturated carbocycles. The molecule has 2 aromatic rings. The molecule has 2 rings (SSSR count). The number of aryl methyl sites for hydroxylation is 1. The lowest BCUT2D eigenvalue weighted by molar-refractivity contribution is -0.385. The molecule has 0 heterocycles. The third-order valence-corrected chi connectivity index (χ3v) is 4.38. The number of nitro groups is 1. The molecule has 0 radical (unpaired) electrons. The first-order chi connectivity index (χ1) is 9.88. The molecule has 0 aliphatic heterocycles. The fourth-order valence-electron chi connectivity index (χ4n) is 1.72. The van der Waals surface area contributed by atoms with E-state index in [0.29, 0.717) is 15.7 Å². The van der Waals surface area contributed by atoms with Crippen molar-refractivity contribution in [3.05, 3.63) is 66.6 Å². The summed E-state index contributed by atoms with van der Waals surface area (Å²) in [6.45, 7) is 1.88. The molecule has 0 bridgehead atoms. The van der Waals surface area contributed by atoms with Crippen LogP contribution in [0, 0.1) is 17.0 Å². The summed E-state index contributed by atoms with van der Waals surface area (Å²) in [5, 5.41) is 13.5. The number of halogens is 2. The van der Waals surface area contributed by atoms with E-state index in [4.69, 9.17) is 0 Å². The molecular formula is C14H10Br2N2O3. The number of rotatable bonds is 3. The third kappa shape index (κ3) is 3.68. The van der Waals surface area contributed by atoms with E-state index < -0.39 is 4.92 Å². The predicted molar refractivity (Wildman–Crippen MR) is 87.6 cm³/mol. The van der Waals surface area contributed by atoms with E-state index in [0.717, 1.165) is 10.0 Å². The van der Waals surface area contributed by atoms with Crippen molar-refractivity contribution in [3.8, 4) is 0 Å². The summed E-state index contributed by atoms with van der Waals surface area (Å²) >= 11 is 6.47. The molecule has 2 aromatic carbocycles. The van der Waals surface area contributed by atoms with Crippen LogP contribution >= 0.6 is 31.9 Å². The van der Waals surface area contributed by atoms with Crippen molar-refractivity contribution in [2.45, 2.75) is 6.92 Å². The van der Waals surface area contributed by atoms with Crippen molar-refractivity contribution in [2.75, 3.05) is 5.32 Å². The quantitative estimate of drug-likeness (QED) is 0.586. The van der Waals surface area contributed by atoms with Crippen LogP contribution in [0.5, 0.6) is 0 Å². The molecule has 0 aliphatic carbocycles. The van der Waals surface area contributed by atoms with Gasteiger partial charge in [0, 0.05) is 21.8 Å². The topological polar surface area (TPSA) is 72.2 Å². The Hall–Kier alpha value is -1.73. The number of carbonyl (C=O) groups is 1. The number of anilines is 1. The van der Waals surface area contributed by atoms with Crippen LogP contribution in [0.3, 0.4) is 0 Å². The molecule has 21 heavy (non-hydrogen) atoms. The van der Waals surface area contributed by atoms with Gasteiger partial charge in [-0.3, -0.25) is 14.9 Å². The lowest BCUT2D eigenvalue weighted by Gasteiger charge is -2.07. The Bertz CT molecular complexity index is 732. The van der Waals surface area contributed by atoms with Crippen molar-refractivity contribution in [2.24, 2.45) is 0 Å². The molecule has 1 N–H and O–H groups in total. The summed E-state index contributed by atoms with van der Waals surface area (Å²) in [5.41, 5.74) is 1.70. The zero-order valence-corrected chi connectivity index (χ0v) is 14.1. The Labute approximate surface area is 137 Å². The Morgan fingerprint density at radius 2 is 1.81 bits per heavy atom. The maximum Gasteiger partial charge on any atom is 0.285 e. The highest BCUT2D eigenvalue weighted by atomic mass is 79.9. The van der Waals surface area contributed by atoms with E-state index in [1.807, 2.05) is 6.92 Å². The average Bonchev–Trinajstić information content (AvgIpc) is 2.43. The second kappa shape index (κ2) is 6.36.